The number of unbranched alkanes of at least 4 members (excludes halogenated alkanes) is 51. The number of hydrogen-bond acceptors (Lipinski definition) is 5. The fourth-order valence-electron chi connectivity index (χ4n) is 10.7. The van der Waals surface area contributed by atoms with Gasteiger partial charge in [0.05, 0.1) is 25.4 Å². The Labute approximate surface area is 469 Å². The number of esters is 1. The zero-order chi connectivity index (χ0) is 54.3. The molecule has 6 nitrogen and oxygen atoms in total. The summed E-state index contributed by atoms with van der Waals surface area (Å²) in [6, 6.07) is -0.629. The van der Waals surface area contributed by atoms with Crippen LogP contribution in [0.15, 0.2) is 24.3 Å². The van der Waals surface area contributed by atoms with Gasteiger partial charge in [0, 0.05) is 12.8 Å². The lowest BCUT2D eigenvalue weighted by molar-refractivity contribution is -0.143. The molecule has 0 aromatic heterocycles. The molecule has 444 valence electrons. The van der Waals surface area contributed by atoms with Crippen molar-refractivity contribution in [2.75, 3.05) is 13.2 Å². The van der Waals surface area contributed by atoms with Crippen molar-refractivity contribution >= 4 is 11.9 Å². The van der Waals surface area contributed by atoms with Crippen molar-refractivity contribution in [3.63, 3.8) is 0 Å². The topological polar surface area (TPSA) is 95.9 Å². The molecular weight excluding hydrogens is 923 g/mol. The molecule has 0 spiro atoms. The Kier molecular flexibility index (Phi) is 63.4. The van der Waals surface area contributed by atoms with Gasteiger partial charge in [-0.25, -0.2) is 0 Å². The molecule has 0 aromatic rings. The highest BCUT2D eigenvalue weighted by molar-refractivity contribution is 5.76. The molecule has 0 bridgehead atoms. The SMILES string of the molecule is CCCCCCC/C=C\CCCCCCCC(=O)OCCCCCCCCCCCCCCCCCCCCCCCCC(=O)NC(CO)C(O)/C=C/CCCCCCCCCCCCCCCCCCCCCC. The quantitative estimate of drug-likeness (QED) is 0.0320. The molecule has 0 aliphatic carbocycles. The van der Waals surface area contributed by atoms with E-state index in [-0.39, 0.29) is 18.5 Å². The van der Waals surface area contributed by atoms with E-state index in [0.29, 0.717) is 19.4 Å². The molecule has 2 unspecified atom stereocenters. The van der Waals surface area contributed by atoms with E-state index < -0.39 is 12.1 Å². The Morgan fingerprint density at radius 1 is 0.360 bits per heavy atom. The number of carbonyl (C=O) groups is 2. The van der Waals surface area contributed by atoms with Gasteiger partial charge in [-0.2, -0.15) is 0 Å². The summed E-state index contributed by atoms with van der Waals surface area (Å²) in [5.41, 5.74) is 0. The number of allylic oxidation sites excluding steroid dienone is 3. The normalized spacial score (nSPS) is 12.6. The smallest absolute Gasteiger partial charge is 0.305 e. The average Bonchev–Trinajstić information content (AvgIpc) is 3.41. The van der Waals surface area contributed by atoms with E-state index in [2.05, 4.69) is 31.3 Å². The molecule has 0 aromatic carbocycles. The second kappa shape index (κ2) is 64.9. The van der Waals surface area contributed by atoms with Gasteiger partial charge < -0.3 is 20.3 Å². The van der Waals surface area contributed by atoms with Crippen LogP contribution in [-0.4, -0.2) is 47.4 Å². The second-order valence-electron chi connectivity index (χ2n) is 23.5. The van der Waals surface area contributed by atoms with Crippen molar-refractivity contribution in [3.05, 3.63) is 24.3 Å². The highest BCUT2D eigenvalue weighted by atomic mass is 16.5. The number of nitrogens with one attached hydrogen (secondary N) is 1. The Morgan fingerprint density at radius 2 is 0.627 bits per heavy atom. The summed E-state index contributed by atoms with van der Waals surface area (Å²) in [6.07, 6.45) is 81.0. The van der Waals surface area contributed by atoms with Crippen LogP contribution in [0.3, 0.4) is 0 Å². The fraction of sp³-hybridized carbons (Fsp3) is 0.913. The number of carbonyl (C=O) groups excluding carboxylic acids is 2. The van der Waals surface area contributed by atoms with E-state index in [1.54, 1.807) is 6.08 Å². The maximum absolute atomic E-state index is 12.5. The number of rotatable bonds is 64. The Balaban J connectivity index is 3.41. The highest BCUT2D eigenvalue weighted by Crippen LogP contribution is 2.18. The predicted molar refractivity (Wildman–Crippen MR) is 329 cm³/mol. The number of aliphatic hydroxyl groups is 2. The zero-order valence-corrected chi connectivity index (χ0v) is 50.8. The van der Waals surface area contributed by atoms with Gasteiger partial charge in [-0.05, 0) is 57.8 Å². The molecule has 1 amide bonds. The van der Waals surface area contributed by atoms with E-state index in [0.717, 1.165) is 44.9 Å². The van der Waals surface area contributed by atoms with Gasteiger partial charge in [-0.3, -0.25) is 9.59 Å². The van der Waals surface area contributed by atoms with E-state index >= 15 is 0 Å². The summed E-state index contributed by atoms with van der Waals surface area (Å²) in [7, 11) is 0. The van der Waals surface area contributed by atoms with E-state index in [9.17, 15) is 19.8 Å². The zero-order valence-electron chi connectivity index (χ0n) is 50.8. The molecule has 3 N–H and O–H groups in total. The largest absolute Gasteiger partial charge is 0.466 e. The standard InChI is InChI=1S/C69H133NO5/c1-3-5-7-9-11-13-15-17-19-20-21-22-25-28-31-34-37-41-45-49-53-57-61-67(72)66(65-71)70-68(73)62-58-54-50-46-42-38-35-32-29-26-23-24-27-30-33-36-40-44-48-52-56-60-64-75-69(74)63-59-55-51-47-43-39-18-16-14-12-10-8-6-4-2/h16,18,57,61,66-67,71-72H,3-15,17,19-56,58-60,62-65H2,1-2H3,(H,70,73)/b18-16-,61-57+. The lowest BCUT2D eigenvalue weighted by Gasteiger charge is -2.20. The van der Waals surface area contributed by atoms with Crippen LogP contribution in [0.2, 0.25) is 0 Å². The fourth-order valence-corrected chi connectivity index (χ4v) is 10.7. The third-order valence-electron chi connectivity index (χ3n) is 16.0. The molecule has 0 aliphatic heterocycles. The summed E-state index contributed by atoms with van der Waals surface area (Å²) in [4.78, 5) is 24.6. The maximum atomic E-state index is 12.5. The minimum absolute atomic E-state index is 0.00489. The van der Waals surface area contributed by atoms with E-state index in [1.807, 2.05) is 6.08 Å². The van der Waals surface area contributed by atoms with Gasteiger partial charge in [0.2, 0.25) is 5.91 Å². The van der Waals surface area contributed by atoms with Crippen LogP contribution in [0, 0.1) is 0 Å². The first-order valence-corrected chi connectivity index (χ1v) is 34.1. The molecule has 2 atom stereocenters. The summed E-state index contributed by atoms with van der Waals surface area (Å²) in [5.74, 6) is -0.0594. The Morgan fingerprint density at radius 3 is 0.947 bits per heavy atom. The van der Waals surface area contributed by atoms with E-state index in [1.165, 1.54) is 308 Å². The van der Waals surface area contributed by atoms with Crippen LogP contribution < -0.4 is 5.32 Å². The molecule has 0 saturated carbocycles. The molecule has 0 heterocycles. The second-order valence-corrected chi connectivity index (χ2v) is 23.5. The summed E-state index contributed by atoms with van der Waals surface area (Å²) >= 11 is 0. The van der Waals surface area contributed by atoms with Crippen molar-refractivity contribution in [1.29, 1.82) is 0 Å². The predicted octanol–water partition coefficient (Wildman–Crippen LogP) is 21.8. The number of aliphatic hydroxyl groups excluding tert-OH is 2. The third-order valence-corrected chi connectivity index (χ3v) is 16.0. The summed E-state index contributed by atoms with van der Waals surface area (Å²) in [6.45, 7) is 4.92. The first-order chi connectivity index (χ1) is 37.0. The molecule has 0 saturated heterocycles. The maximum Gasteiger partial charge on any atom is 0.305 e. The van der Waals surface area contributed by atoms with Crippen molar-refractivity contribution < 1.29 is 24.5 Å². The minimum Gasteiger partial charge on any atom is -0.466 e. The molecule has 6 heteroatoms. The van der Waals surface area contributed by atoms with Crippen molar-refractivity contribution in [2.45, 2.75) is 392 Å². The average molecular weight is 1060 g/mol. The van der Waals surface area contributed by atoms with Crippen molar-refractivity contribution in [1.82, 2.24) is 5.32 Å². The van der Waals surface area contributed by atoms with Crippen LogP contribution in [-0.2, 0) is 14.3 Å². The Bertz CT molecular complexity index is 1170. The molecule has 0 radical (unpaired) electrons. The van der Waals surface area contributed by atoms with Crippen LogP contribution in [0.1, 0.15) is 380 Å². The van der Waals surface area contributed by atoms with E-state index in [4.69, 9.17) is 4.74 Å². The van der Waals surface area contributed by atoms with Gasteiger partial charge in [0.15, 0.2) is 0 Å². The minimum atomic E-state index is -0.846. The molecular formula is C69H133NO5. The molecule has 0 aliphatic rings. The van der Waals surface area contributed by atoms with Crippen molar-refractivity contribution in [3.8, 4) is 0 Å². The molecule has 0 rings (SSSR count). The molecule has 75 heavy (non-hydrogen) atoms. The van der Waals surface area contributed by atoms with Gasteiger partial charge in [0.1, 0.15) is 0 Å². The lowest BCUT2D eigenvalue weighted by atomic mass is 10.0. The Hall–Kier alpha value is -1.66. The van der Waals surface area contributed by atoms with Crippen LogP contribution in [0.5, 0.6) is 0 Å². The number of amides is 1. The highest BCUT2D eigenvalue weighted by Gasteiger charge is 2.18. The van der Waals surface area contributed by atoms with Crippen LogP contribution in [0.25, 0.3) is 0 Å². The van der Waals surface area contributed by atoms with Crippen LogP contribution in [0.4, 0.5) is 0 Å². The van der Waals surface area contributed by atoms with Gasteiger partial charge in [0.25, 0.3) is 0 Å². The van der Waals surface area contributed by atoms with Gasteiger partial charge in [-0.1, -0.05) is 334 Å². The number of ether oxygens (including phenoxy) is 1. The van der Waals surface area contributed by atoms with Gasteiger partial charge >= 0.3 is 5.97 Å². The van der Waals surface area contributed by atoms with Gasteiger partial charge in [-0.15, -0.1) is 0 Å². The first-order valence-electron chi connectivity index (χ1n) is 34.1. The lowest BCUT2D eigenvalue weighted by Crippen LogP contribution is -2.45. The molecule has 0 fully saturated rings. The van der Waals surface area contributed by atoms with Crippen molar-refractivity contribution in [2.24, 2.45) is 0 Å². The summed E-state index contributed by atoms with van der Waals surface area (Å²) < 4.78 is 5.48. The summed E-state index contributed by atoms with van der Waals surface area (Å²) in [5, 5.41) is 23.2. The number of hydrogen-bond donors (Lipinski definition) is 3. The third kappa shape index (κ3) is 61.4. The monoisotopic (exact) mass is 1060 g/mol. The van der Waals surface area contributed by atoms with Crippen LogP contribution >= 0.6 is 0 Å². The first kappa shape index (κ1) is 73.3.